The van der Waals surface area contributed by atoms with Gasteiger partial charge in [0.1, 0.15) is 17.3 Å². The summed E-state index contributed by atoms with van der Waals surface area (Å²) < 4.78 is 5.30. The van der Waals surface area contributed by atoms with Gasteiger partial charge in [-0.2, -0.15) is 5.10 Å². The average molecular weight is 261 g/mol. The van der Waals surface area contributed by atoms with Gasteiger partial charge in [-0.25, -0.2) is 0 Å². The van der Waals surface area contributed by atoms with E-state index in [-0.39, 0.29) is 11.2 Å². The first kappa shape index (κ1) is 13.3. The van der Waals surface area contributed by atoms with Crippen molar-refractivity contribution in [2.24, 2.45) is 0 Å². The molecule has 102 valence electrons. The molecule has 1 aromatic carbocycles. The summed E-state index contributed by atoms with van der Waals surface area (Å²) >= 11 is 0. The SMILES string of the molecule is COc1cc(-c2cc(N)n[nH]2)c(O)c(C(C)(C)C)c1. The first-order chi connectivity index (χ1) is 8.82. The maximum Gasteiger partial charge on any atom is 0.145 e. The molecule has 1 aromatic heterocycles. The van der Waals surface area contributed by atoms with Gasteiger partial charge in [0.2, 0.25) is 0 Å². The summed E-state index contributed by atoms with van der Waals surface area (Å²) in [5.41, 5.74) is 7.52. The van der Waals surface area contributed by atoms with E-state index in [1.54, 1.807) is 19.2 Å². The zero-order valence-corrected chi connectivity index (χ0v) is 11.6. The number of phenols is 1. The van der Waals surface area contributed by atoms with Crippen molar-refractivity contribution >= 4 is 5.82 Å². The number of benzene rings is 1. The first-order valence-electron chi connectivity index (χ1n) is 6.05. The third kappa shape index (κ3) is 2.50. The molecule has 5 heteroatoms. The third-order valence-corrected chi connectivity index (χ3v) is 3.01. The Morgan fingerprint density at radius 2 is 1.95 bits per heavy atom. The number of aromatic amines is 1. The van der Waals surface area contributed by atoms with Crippen LogP contribution in [0.1, 0.15) is 26.3 Å². The summed E-state index contributed by atoms with van der Waals surface area (Å²) in [5, 5.41) is 17.1. The number of nitrogen functional groups attached to an aromatic ring is 1. The lowest BCUT2D eigenvalue weighted by Crippen LogP contribution is -2.12. The molecule has 19 heavy (non-hydrogen) atoms. The number of phenolic OH excluding ortho intramolecular Hbond substituents is 1. The molecule has 0 saturated carbocycles. The third-order valence-electron chi connectivity index (χ3n) is 3.01. The van der Waals surface area contributed by atoms with Crippen molar-refractivity contribution in [3.63, 3.8) is 0 Å². The lowest BCUT2D eigenvalue weighted by molar-refractivity contribution is 0.406. The van der Waals surface area contributed by atoms with Crippen molar-refractivity contribution in [3.05, 3.63) is 23.8 Å². The summed E-state index contributed by atoms with van der Waals surface area (Å²) in [6, 6.07) is 5.29. The van der Waals surface area contributed by atoms with Crippen molar-refractivity contribution in [1.82, 2.24) is 10.2 Å². The normalized spacial score (nSPS) is 11.6. The number of nitrogens with two attached hydrogens (primary N) is 1. The van der Waals surface area contributed by atoms with E-state index in [1.165, 1.54) is 0 Å². The Labute approximate surface area is 112 Å². The Hall–Kier alpha value is -2.17. The Kier molecular flexibility index (Phi) is 3.14. The van der Waals surface area contributed by atoms with Gasteiger partial charge in [-0.05, 0) is 17.5 Å². The molecule has 0 unspecified atom stereocenters. The molecular formula is C14H19N3O2. The minimum atomic E-state index is -0.195. The molecule has 0 aliphatic rings. The number of methoxy groups -OCH3 is 1. The van der Waals surface area contributed by atoms with E-state index in [9.17, 15) is 5.11 Å². The minimum absolute atomic E-state index is 0.195. The van der Waals surface area contributed by atoms with E-state index in [0.717, 1.165) is 5.56 Å². The number of nitrogens with zero attached hydrogens (tertiary/aromatic N) is 1. The van der Waals surface area contributed by atoms with E-state index >= 15 is 0 Å². The van der Waals surface area contributed by atoms with Crippen molar-refractivity contribution in [3.8, 4) is 22.8 Å². The number of aromatic hydroxyl groups is 1. The molecule has 0 saturated heterocycles. The number of nitrogens with one attached hydrogen (secondary N) is 1. The van der Waals surface area contributed by atoms with E-state index in [4.69, 9.17) is 10.5 Å². The number of hydrogen-bond acceptors (Lipinski definition) is 4. The topological polar surface area (TPSA) is 84.2 Å². The quantitative estimate of drug-likeness (QED) is 0.776. The number of anilines is 1. The lowest BCUT2D eigenvalue weighted by Gasteiger charge is -2.22. The Bertz CT molecular complexity index is 597. The molecule has 2 aromatic rings. The van der Waals surface area contributed by atoms with Crippen LogP contribution in [-0.4, -0.2) is 22.4 Å². The van der Waals surface area contributed by atoms with E-state index in [0.29, 0.717) is 22.8 Å². The zero-order chi connectivity index (χ0) is 14.2. The molecule has 5 nitrogen and oxygen atoms in total. The molecule has 0 aliphatic heterocycles. The van der Waals surface area contributed by atoms with Crippen LogP contribution in [0.25, 0.3) is 11.3 Å². The van der Waals surface area contributed by atoms with Crippen LogP contribution in [0.4, 0.5) is 5.82 Å². The van der Waals surface area contributed by atoms with Gasteiger partial charge in [-0.3, -0.25) is 5.10 Å². The molecule has 0 amide bonds. The van der Waals surface area contributed by atoms with Crippen LogP contribution in [0.2, 0.25) is 0 Å². The van der Waals surface area contributed by atoms with Crippen LogP contribution >= 0.6 is 0 Å². The van der Waals surface area contributed by atoms with Crippen LogP contribution in [0.15, 0.2) is 18.2 Å². The largest absolute Gasteiger partial charge is 0.507 e. The molecule has 0 spiro atoms. The Balaban J connectivity index is 2.67. The standard InChI is InChI=1S/C14H19N3O2/c1-14(2,3)10-6-8(19-4)5-9(13(10)18)11-7-12(15)17-16-11/h5-7,18H,1-4H3,(H3,15,16,17). The highest BCUT2D eigenvalue weighted by Gasteiger charge is 2.23. The predicted molar refractivity (Wildman–Crippen MR) is 75.4 cm³/mol. The highest BCUT2D eigenvalue weighted by atomic mass is 16.5. The van der Waals surface area contributed by atoms with Gasteiger partial charge in [0.05, 0.1) is 12.8 Å². The van der Waals surface area contributed by atoms with Crippen LogP contribution < -0.4 is 10.5 Å². The molecule has 2 rings (SSSR count). The molecule has 1 heterocycles. The Morgan fingerprint density at radius 3 is 2.42 bits per heavy atom. The van der Waals surface area contributed by atoms with Crippen LogP contribution in [0, 0.1) is 0 Å². The lowest BCUT2D eigenvalue weighted by atomic mass is 9.84. The molecule has 0 fully saturated rings. The molecular weight excluding hydrogens is 242 g/mol. The van der Waals surface area contributed by atoms with Crippen molar-refractivity contribution in [2.75, 3.05) is 12.8 Å². The summed E-state index contributed by atoms with van der Waals surface area (Å²) in [6.07, 6.45) is 0. The average Bonchev–Trinajstić information content (AvgIpc) is 2.74. The van der Waals surface area contributed by atoms with Crippen molar-refractivity contribution in [2.45, 2.75) is 26.2 Å². The van der Waals surface area contributed by atoms with E-state index in [2.05, 4.69) is 10.2 Å². The minimum Gasteiger partial charge on any atom is -0.507 e. The second-order valence-corrected chi connectivity index (χ2v) is 5.53. The van der Waals surface area contributed by atoms with Gasteiger partial charge in [-0.1, -0.05) is 20.8 Å². The van der Waals surface area contributed by atoms with Gasteiger partial charge in [0, 0.05) is 17.2 Å². The predicted octanol–water partition coefficient (Wildman–Crippen LogP) is 2.67. The van der Waals surface area contributed by atoms with Crippen molar-refractivity contribution in [1.29, 1.82) is 0 Å². The number of rotatable bonds is 2. The number of ether oxygens (including phenoxy) is 1. The van der Waals surface area contributed by atoms with Crippen LogP contribution in [0.5, 0.6) is 11.5 Å². The van der Waals surface area contributed by atoms with Gasteiger partial charge in [0.25, 0.3) is 0 Å². The van der Waals surface area contributed by atoms with Gasteiger partial charge in [-0.15, -0.1) is 0 Å². The highest BCUT2D eigenvalue weighted by Crippen LogP contribution is 2.41. The van der Waals surface area contributed by atoms with Crippen LogP contribution in [0.3, 0.4) is 0 Å². The molecule has 0 atom stereocenters. The fourth-order valence-corrected chi connectivity index (χ4v) is 1.98. The van der Waals surface area contributed by atoms with E-state index in [1.807, 2.05) is 26.8 Å². The zero-order valence-electron chi connectivity index (χ0n) is 11.6. The van der Waals surface area contributed by atoms with Crippen LogP contribution in [-0.2, 0) is 5.41 Å². The molecule has 4 N–H and O–H groups in total. The molecule has 0 aliphatic carbocycles. The van der Waals surface area contributed by atoms with Crippen molar-refractivity contribution < 1.29 is 9.84 Å². The van der Waals surface area contributed by atoms with Gasteiger partial charge < -0.3 is 15.6 Å². The smallest absolute Gasteiger partial charge is 0.145 e. The summed E-state index contributed by atoms with van der Waals surface area (Å²) in [4.78, 5) is 0. The monoisotopic (exact) mass is 261 g/mol. The first-order valence-corrected chi connectivity index (χ1v) is 6.05. The number of hydrogen-bond donors (Lipinski definition) is 3. The number of H-pyrrole nitrogens is 1. The molecule has 0 radical (unpaired) electrons. The highest BCUT2D eigenvalue weighted by molar-refractivity contribution is 5.73. The molecule has 0 bridgehead atoms. The second kappa shape index (κ2) is 4.50. The Morgan fingerprint density at radius 1 is 1.26 bits per heavy atom. The summed E-state index contributed by atoms with van der Waals surface area (Å²) in [6.45, 7) is 6.10. The summed E-state index contributed by atoms with van der Waals surface area (Å²) in [5.74, 6) is 1.29. The summed E-state index contributed by atoms with van der Waals surface area (Å²) in [7, 11) is 1.60. The maximum atomic E-state index is 10.5. The fraction of sp³-hybridized carbons (Fsp3) is 0.357. The maximum absolute atomic E-state index is 10.5. The van der Waals surface area contributed by atoms with Gasteiger partial charge >= 0.3 is 0 Å². The fourth-order valence-electron chi connectivity index (χ4n) is 1.98. The van der Waals surface area contributed by atoms with E-state index < -0.39 is 0 Å². The van der Waals surface area contributed by atoms with Gasteiger partial charge in [0.15, 0.2) is 0 Å². The number of aromatic nitrogens is 2. The second-order valence-electron chi connectivity index (χ2n) is 5.53.